The highest BCUT2D eigenvalue weighted by atomic mass is 16.5. The third kappa shape index (κ3) is 6.19. The summed E-state index contributed by atoms with van der Waals surface area (Å²) in [5.41, 5.74) is -0.0481. The zero-order valence-electron chi connectivity index (χ0n) is 12.9. The molecule has 5 heteroatoms. The zero-order valence-corrected chi connectivity index (χ0v) is 12.9. The van der Waals surface area contributed by atoms with Gasteiger partial charge in [0.1, 0.15) is 0 Å². The Kier molecular flexibility index (Phi) is 7.95. The third-order valence-corrected chi connectivity index (χ3v) is 2.88. The number of aromatic nitrogens is 2. The van der Waals surface area contributed by atoms with Crippen LogP contribution in [0, 0.1) is 5.92 Å². The molecule has 0 amide bonds. The first-order valence-electron chi connectivity index (χ1n) is 7.52. The van der Waals surface area contributed by atoms with Crippen molar-refractivity contribution in [3.05, 3.63) is 22.7 Å². The van der Waals surface area contributed by atoms with Crippen molar-refractivity contribution in [3.63, 3.8) is 0 Å². The average Bonchev–Trinajstić information content (AvgIpc) is 2.41. The molecule has 0 spiro atoms. The average molecular weight is 281 g/mol. The minimum Gasteiger partial charge on any atom is -0.381 e. The molecule has 5 nitrogen and oxygen atoms in total. The Hall–Kier alpha value is -1.36. The molecule has 0 bridgehead atoms. The molecule has 0 radical (unpaired) electrons. The summed E-state index contributed by atoms with van der Waals surface area (Å²) in [6.45, 7) is 9.30. The molecule has 1 N–H and O–H groups in total. The Morgan fingerprint density at radius 3 is 2.80 bits per heavy atom. The second kappa shape index (κ2) is 9.53. The van der Waals surface area contributed by atoms with Gasteiger partial charge in [-0.3, -0.25) is 4.79 Å². The third-order valence-electron chi connectivity index (χ3n) is 2.88. The van der Waals surface area contributed by atoms with Gasteiger partial charge in [-0.05, 0) is 18.8 Å². The summed E-state index contributed by atoms with van der Waals surface area (Å²) in [6.07, 6.45) is 6.55. The molecule has 0 fully saturated rings. The van der Waals surface area contributed by atoms with Crippen LogP contribution in [0.15, 0.2) is 17.2 Å². The van der Waals surface area contributed by atoms with Gasteiger partial charge in [-0.2, -0.15) is 0 Å². The van der Waals surface area contributed by atoms with Crippen LogP contribution in [0.2, 0.25) is 0 Å². The number of anilines is 1. The first-order chi connectivity index (χ1) is 9.65. The molecule has 20 heavy (non-hydrogen) atoms. The topological polar surface area (TPSA) is 56.1 Å². The van der Waals surface area contributed by atoms with Gasteiger partial charge < -0.3 is 14.6 Å². The van der Waals surface area contributed by atoms with Crippen molar-refractivity contribution in [2.75, 3.05) is 25.1 Å². The van der Waals surface area contributed by atoms with Crippen molar-refractivity contribution in [1.29, 1.82) is 0 Å². The molecule has 0 aromatic carbocycles. The van der Waals surface area contributed by atoms with Gasteiger partial charge in [0, 0.05) is 38.7 Å². The van der Waals surface area contributed by atoms with Crippen LogP contribution in [0.1, 0.15) is 40.0 Å². The summed E-state index contributed by atoms with van der Waals surface area (Å²) in [6, 6.07) is 0. The molecular weight excluding hydrogens is 254 g/mol. The summed E-state index contributed by atoms with van der Waals surface area (Å²) < 4.78 is 7.18. The first-order valence-corrected chi connectivity index (χ1v) is 7.52. The highest BCUT2D eigenvalue weighted by molar-refractivity contribution is 5.30. The molecular formula is C15H27N3O2. The Labute approximate surface area is 121 Å². The van der Waals surface area contributed by atoms with Crippen LogP contribution in [0.5, 0.6) is 0 Å². The predicted octanol–water partition coefficient (Wildman–Crippen LogP) is 2.52. The van der Waals surface area contributed by atoms with Gasteiger partial charge in [-0.15, -0.1) is 0 Å². The highest BCUT2D eigenvalue weighted by Crippen LogP contribution is 1.99. The smallest absolute Gasteiger partial charge is 0.293 e. The number of nitrogens with zero attached hydrogens (tertiary/aromatic N) is 2. The molecule has 114 valence electrons. The second-order valence-corrected chi connectivity index (χ2v) is 5.37. The Morgan fingerprint density at radius 1 is 1.35 bits per heavy atom. The van der Waals surface area contributed by atoms with Gasteiger partial charge in [-0.1, -0.05) is 27.2 Å². The van der Waals surface area contributed by atoms with E-state index in [1.807, 2.05) is 0 Å². The number of ether oxygens (including phenoxy) is 1. The van der Waals surface area contributed by atoms with Crippen LogP contribution in [-0.4, -0.2) is 29.3 Å². The Bertz CT molecular complexity index is 429. The number of hydrogen-bond donors (Lipinski definition) is 1. The summed E-state index contributed by atoms with van der Waals surface area (Å²) >= 11 is 0. The van der Waals surface area contributed by atoms with Gasteiger partial charge in [0.15, 0.2) is 5.82 Å². The van der Waals surface area contributed by atoms with Crippen LogP contribution in [0.4, 0.5) is 5.82 Å². The van der Waals surface area contributed by atoms with E-state index in [4.69, 9.17) is 4.74 Å². The summed E-state index contributed by atoms with van der Waals surface area (Å²) in [4.78, 5) is 16.2. The lowest BCUT2D eigenvalue weighted by Gasteiger charge is -2.10. The zero-order chi connectivity index (χ0) is 14.8. The van der Waals surface area contributed by atoms with Crippen molar-refractivity contribution < 1.29 is 4.74 Å². The Morgan fingerprint density at radius 2 is 2.10 bits per heavy atom. The van der Waals surface area contributed by atoms with Crippen LogP contribution in [0.25, 0.3) is 0 Å². The number of hydrogen-bond acceptors (Lipinski definition) is 4. The molecule has 0 saturated heterocycles. The van der Waals surface area contributed by atoms with E-state index >= 15 is 0 Å². The lowest BCUT2D eigenvalue weighted by atomic mass is 10.2. The molecule has 0 aliphatic heterocycles. The summed E-state index contributed by atoms with van der Waals surface area (Å²) in [7, 11) is 0. The molecule has 0 unspecified atom stereocenters. The van der Waals surface area contributed by atoms with E-state index in [0.717, 1.165) is 39.0 Å². The SMILES string of the molecule is CCCCOCCCNc1nccn(CC(C)C)c1=O. The molecule has 0 saturated carbocycles. The standard InChI is InChI=1S/C15H27N3O2/c1-4-5-10-20-11-6-7-16-14-15(19)18(9-8-17-14)12-13(2)3/h8-9,13H,4-7,10-12H2,1-3H3,(H,16,17). The number of unbranched alkanes of at least 4 members (excludes halogenated alkanes) is 1. The molecule has 1 aromatic rings. The predicted molar refractivity (Wildman–Crippen MR) is 82.2 cm³/mol. The second-order valence-electron chi connectivity index (χ2n) is 5.37. The lowest BCUT2D eigenvalue weighted by Crippen LogP contribution is -2.26. The monoisotopic (exact) mass is 281 g/mol. The minimum atomic E-state index is -0.0481. The van der Waals surface area contributed by atoms with Crippen molar-refractivity contribution in [2.24, 2.45) is 5.92 Å². The maximum absolute atomic E-state index is 12.1. The fourth-order valence-corrected chi connectivity index (χ4v) is 1.84. The van der Waals surface area contributed by atoms with Gasteiger partial charge >= 0.3 is 0 Å². The normalized spacial score (nSPS) is 11.0. The molecule has 0 aliphatic rings. The van der Waals surface area contributed by atoms with Gasteiger partial charge in [-0.25, -0.2) is 4.98 Å². The quantitative estimate of drug-likeness (QED) is 0.670. The molecule has 0 atom stereocenters. The van der Waals surface area contributed by atoms with E-state index in [2.05, 4.69) is 31.1 Å². The maximum atomic E-state index is 12.1. The van der Waals surface area contributed by atoms with Gasteiger partial charge in [0.05, 0.1) is 0 Å². The van der Waals surface area contributed by atoms with Crippen molar-refractivity contribution >= 4 is 5.82 Å². The van der Waals surface area contributed by atoms with Crippen molar-refractivity contribution in [2.45, 2.75) is 46.6 Å². The number of rotatable bonds is 10. The van der Waals surface area contributed by atoms with E-state index in [1.165, 1.54) is 0 Å². The largest absolute Gasteiger partial charge is 0.381 e. The molecule has 1 aromatic heterocycles. The van der Waals surface area contributed by atoms with Crippen molar-refractivity contribution in [3.8, 4) is 0 Å². The van der Waals surface area contributed by atoms with Crippen LogP contribution in [0.3, 0.4) is 0 Å². The highest BCUT2D eigenvalue weighted by Gasteiger charge is 2.05. The lowest BCUT2D eigenvalue weighted by molar-refractivity contribution is 0.131. The van der Waals surface area contributed by atoms with E-state index in [1.54, 1.807) is 17.0 Å². The van der Waals surface area contributed by atoms with Crippen LogP contribution >= 0.6 is 0 Å². The van der Waals surface area contributed by atoms with Gasteiger partial charge in [0.2, 0.25) is 0 Å². The number of nitrogens with one attached hydrogen (secondary N) is 1. The first kappa shape index (κ1) is 16.7. The van der Waals surface area contributed by atoms with E-state index in [9.17, 15) is 4.79 Å². The van der Waals surface area contributed by atoms with Crippen LogP contribution in [-0.2, 0) is 11.3 Å². The molecule has 0 aliphatic carbocycles. The molecule has 1 rings (SSSR count). The van der Waals surface area contributed by atoms with E-state index < -0.39 is 0 Å². The van der Waals surface area contributed by atoms with Crippen molar-refractivity contribution in [1.82, 2.24) is 9.55 Å². The van der Waals surface area contributed by atoms with Crippen LogP contribution < -0.4 is 10.9 Å². The van der Waals surface area contributed by atoms with Gasteiger partial charge in [0.25, 0.3) is 5.56 Å². The van der Waals surface area contributed by atoms with E-state index in [-0.39, 0.29) is 5.56 Å². The summed E-state index contributed by atoms with van der Waals surface area (Å²) in [5.74, 6) is 0.872. The maximum Gasteiger partial charge on any atom is 0.293 e. The minimum absolute atomic E-state index is 0.0481. The molecule has 1 heterocycles. The fourth-order valence-electron chi connectivity index (χ4n) is 1.84. The fraction of sp³-hybridized carbons (Fsp3) is 0.733. The van der Waals surface area contributed by atoms with E-state index in [0.29, 0.717) is 18.3 Å². The summed E-state index contributed by atoms with van der Waals surface area (Å²) in [5, 5.41) is 3.09. The Balaban J connectivity index is 2.35.